The number of amides is 1. The van der Waals surface area contributed by atoms with E-state index in [0.717, 1.165) is 12.8 Å². The predicted molar refractivity (Wildman–Crippen MR) is 67.0 cm³/mol. The molecule has 0 aromatic heterocycles. The van der Waals surface area contributed by atoms with Crippen molar-refractivity contribution >= 4 is 11.9 Å². The van der Waals surface area contributed by atoms with Crippen molar-refractivity contribution in [2.75, 3.05) is 19.7 Å². The van der Waals surface area contributed by atoms with Gasteiger partial charge in [0, 0.05) is 19.7 Å². The Kier molecular flexibility index (Phi) is 4.73. The van der Waals surface area contributed by atoms with E-state index in [1.165, 1.54) is 0 Å². The smallest absolute Gasteiger partial charge is 0.316 e. The van der Waals surface area contributed by atoms with E-state index in [9.17, 15) is 14.7 Å². The highest BCUT2D eigenvalue weighted by Gasteiger charge is 2.40. The van der Waals surface area contributed by atoms with Crippen molar-refractivity contribution in [3.63, 3.8) is 0 Å². The molecule has 5 heteroatoms. The highest BCUT2D eigenvalue weighted by Crippen LogP contribution is 2.29. The molecule has 1 saturated heterocycles. The highest BCUT2D eigenvalue weighted by molar-refractivity contribution is 5.97. The van der Waals surface area contributed by atoms with Crippen molar-refractivity contribution in [1.29, 1.82) is 0 Å². The molecule has 0 aromatic carbocycles. The summed E-state index contributed by atoms with van der Waals surface area (Å²) in [6, 6.07) is 0. The van der Waals surface area contributed by atoms with Crippen molar-refractivity contribution in [2.45, 2.75) is 33.6 Å². The van der Waals surface area contributed by atoms with Crippen LogP contribution < -0.4 is 0 Å². The van der Waals surface area contributed by atoms with Gasteiger partial charge in [-0.05, 0) is 24.2 Å². The Morgan fingerprint density at radius 3 is 2.11 bits per heavy atom. The van der Waals surface area contributed by atoms with Crippen LogP contribution in [0.5, 0.6) is 0 Å². The van der Waals surface area contributed by atoms with Crippen LogP contribution in [0.15, 0.2) is 0 Å². The normalized spacial score (nSPS) is 19.7. The van der Waals surface area contributed by atoms with Gasteiger partial charge in [0.1, 0.15) is 5.92 Å². The second kappa shape index (κ2) is 5.69. The lowest BCUT2D eigenvalue weighted by atomic mass is 9.79. The molecular weight excluding hydrogens is 234 g/mol. The fourth-order valence-electron chi connectivity index (χ4n) is 2.36. The summed E-state index contributed by atoms with van der Waals surface area (Å²) >= 11 is 0. The van der Waals surface area contributed by atoms with E-state index in [1.807, 2.05) is 0 Å². The molecule has 0 aromatic rings. The maximum atomic E-state index is 12.3. The molecule has 0 bridgehead atoms. The summed E-state index contributed by atoms with van der Waals surface area (Å²) in [5, 5.41) is 18.3. The Morgan fingerprint density at radius 2 is 1.78 bits per heavy atom. The minimum absolute atomic E-state index is 0.143. The number of carbonyl (C=O) groups is 2. The highest BCUT2D eigenvalue weighted by atomic mass is 16.4. The van der Waals surface area contributed by atoms with Crippen molar-refractivity contribution in [3.8, 4) is 0 Å². The van der Waals surface area contributed by atoms with Gasteiger partial charge in [0.2, 0.25) is 5.91 Å². The first kappa shape index (κ1) is 15.0. The maximum absolute atomic E-state index is 12.3. The van der Waals surface area contributed by atoms with Gasteiger partial charge >= 0.3 is 5.97 Å². The van der Waals surface area contributed by atoms with Gasteiger partial charge in [-0.25, -0.2) is 0 Å². The second-order valence-corrected chi connectivity index (χ2v) is 6.09. The average Bonchev–Trinajstić information content (AvgIpc) is 2.26. The number of aliphatic carboxylic acids is 1. The summed E-state index contributed by atoms with van der Waals surface area (Å²) in [6.45, 7) is 6.54. The number of nitrogens with zero attached hydrogens (tertiary/aromatic N) is 1. The molecule has 0 saturated carbocycles. The molecule has 1 atom stereocenters. The van der Waals surface area contributed by atoms with Crippen LogP contribution in [0.1, 0.15) is 33.6 Å². The number of aliphatic hydroxyl groups excluding tert-OH is 1. The molecule has 1 rings (SSSR count). The molecule has 1 amide bonds. The first-order valence-electron chi connectivity index (χ1n) is 6.39. The van der Waals surface area contributed by atoms with Crippen molar-refractivity contribution < 1.29 is 19.8 Å². The maximum Gasteiger partial charge on any atom is 0.316 e. The molecule has 1 heterocycles. The van der Waals surface area contributed by atoms with E-state index >= 15 is 0 Å². The lowest BCUT2D eigenvalue weighted by molar-refractivity contribution is -0.157. The van der Waals surface area contributed by atoms with Gasteiger partial charge in [-0.15, -0.1) is 0 Å². The van der Waals surface area contributed by atoms with Crippen molar-refractivity contribution in [1.82, 2.24) is 4.90 Å². The summed E-state index contributed by atoms with van der Waals surface area (Å²) in [4.78, 5) is 25.1. The van der Waals surface area contributed by atoms with Gasteiger partial charge in [-0.3, -0.25) is 9.59 Å². The van der Waals surface area contributed by atoms with E-state index in [2.05, 4.69) is 0 Å². The van der Waals surface area contributed by atoms with Crippen LogP contribution in [-0.4, -0.2) is 46.7 Å². The standard InChI is InChI=1S/C13H23NO4/c1-13(2,3)10(12(17)18)11(16)14-6-4-9(8-15)5-7-14/h9-10,15H,4-8H2,1-3H3,(H,17,18). The van der Waals surface area contributed by atoms with E-state index in [4.69, 9.17) is 5.11 Å². The van der Waals surface area contributed by atoms with Gasteiger partial charge in [0.05, 0.1) is 0 Å². The lowest BCUT2D eigenvalue weighted by Crippen LogP contribution is -2.48. The molecular formula is C13H23NO4. The SMILES string of the molecule is CC(C)(C)C(C(=O)O)C(=O)N1CCC(CO)CC1. The molecule has 0 aliphatic carbocycles. The average molecular weight is 257 g/mol. The van der Waals surface area contributed by atoms with Crippen LogP contribution in [0.4, 0.5) is 0 Å². The number of hydrogen-bond donors (Lipinski definition) is 2. The van der Waals surface area contributed by atoms with Crippen LogP contribution in [0, 0.1) is 17.3 Å². The third-order valence-electron chi connectivity index (χ3n) is 3.54. The summed E-state index contributed by atoms with van der Waals surface area (Å²) in [5.74, 6) is -2.11. The van der Waals surface area contributed by atoms with Crippen molar-refractivity contribution in [2.24, 2.45) is 17.3 Å². The quantitative estimate of drug-likeness (QED) is 0.738. The first-order chi connectivity index (χ1) is 8.27. The van der Waals surface area contributed by atoms with Crippen LogP contribution >= 0.6 is 0 Å². The van der Waals surface area contributed by atoms with Gasteiger partial charge in [0.25, 0.3) is 0 Å². The number of carboxylic acids is 1. The zero-order valence-corrected chi connectivity index (χ0v) is 11.3. The van der Waals surface area contributed by atoms with Crippen LogP contribution in [0.2, 0.25) is 0 Å². The molecule has 18 heavy (non-hydrogen) atoms. The monoisotopic (exact) mass is 257 g/mol. The van der Waals surface area contributed by atoms with E-state index in [-0.39, 0.29) is 18.4 Å². The first-order valence-corrected chi connectivity index (χ1v) is 6.39. The zero-order valence-electron chi connectivity index (χ0n) is 11.3. The molecule has 5 nitrogen and oxygen atoms in total. The van der Waals surface area contributed by atoms with Gasteiger partial charge in [-0.2, -0.15) is 0 Å². The van der Waals surface area contributed by atoms with Crippen LogP contribution in [0.3, 0.4) is 0 Å². The molecule has 0 spiro atoms. The third-order valence-corrected chi connectivity index (χ3v) is 3.54. The minimum Gasteiger partial charge on any atom is -0.481 e. The number of hydrogen-bond acceptors (Lipinski definition) is 3. The predicted octanol–water partition coefficient (Wildman–Crippen LogP) is 0.964. The second-order valence-electron chi connectivity index (χ2n) is 6.09. The van der Waals surface area contributed by atoms with E-state index in [0.29, 0.717) is 13.1 Å². The van der Waals surface area contributed by atoms with Gasteiger partial charge < -0.3 is 15.1 Å². The third kappa shape index (κ3) is 3.45. The van der Waals surface area contributed by atoms with E-state index in [1.54, 1.807) is 25.7 Å². The Morgan fingerprint density at radius 1 is 1.28 bits per heavy atom. The fourth-order valence-corrected chi connectivity index (χ4v) is 2.36. The molecule has 1 aliphatic rings. The summed E-state index contributed by atoms with van der Waals surface area (Å²) in [7, 11) is 0. The van der Waals surface area contributed by atoms with E-state index < -0.39 is 17.3 Å². The van der Waals surface area contributed by atoms with Crippen molar-refractivity contribution in [3.05, 3.63) is 0 Å². The van der Waals surface area contributed by atoms with Crippen LogP contribution in [0.25, 0.3) is 0 Å². The summed E-state index contributed by atoms with van der Waals surface area (Å²) in [5.41, 5.74) is -0.587. The summed E-state index contributed by atoms with van der Waals surface area (Å²) < 4.78 is 0. The Labute approximate surface area is 108 Å². The molecule has 2 N–H and O–H groups in total. The number of piperidine rings is 1. The lowest BCUT2D eigenvalue weighted by Gasteiger charge is -2.36. The molecule has 104 valence electrons. The Balaban J connectivity index is 2.71. The number of likely N-dealkylation sites (tertiary alicyclic amines) is 1. The Hall–Kier alpha value is -1.10. The number of carboxylic acid groups (broad SMARTS) is 1. The topological polar surface area (TPSA) is 77.8 Å². The number of aliphatic hydroxyl groups is 1. The minimum atomic E-state index is -1.06. The summed E-state index contributed by atoms with van der Waals surface area (Å²) in [6.07, 6.45) is 1.50. The molecule has 0 radical (unpaired) electrons. The molecule has 1 aliphatic heterocycles. The van der Waals surface area contributed by atoms with Crippen LogP contribution in [-0.2, 0) is 9.59 Å². The number of carbonyl (C=O) groups excluding carboxylic acids is 1. The molecule has 1 fully saturated rings. The van der Waals surface area contributed by atoms with Gasteiger partial charge in [-0.1, -0.05) is 20.8 Å². The fraction of sp³-hybridized carbons (Fsp3) is 0.846. The number of rotatable bonds is 3. The van der Waals surface area contributed by atoms with Gasteiger partial charge in [0.15, 0.2) is 0 Å². The zero-order chi connectivity index (χ0) is 13.9. The Bertz CT molecular complexity index is 313. The molecule has 1 unspecified atom stereocenters. The largest absolute Gasteiger partial charge is 0.481 e.